The molecule has 15 heavy (non-hydrogen) atoms. The average Bonchev–Trinajstić information content (AvgIpc) is 2.19. The number of aliphatic carboxylic acids is 1. The summed E-state index contributed by atoms with van der Waals surface area (Å²) in [4.78, 5) is 10.7. The van der Waals surface area contributed by atoms with Crippen LogP contribution in [0.5, 0.6) is 5.75 Å². The van der Waals surface area contributed by atoms with Crippen LogP contribution >= 0.6 is 11.6 Å². The molecule has 0 spiro atoms. The minimum Gasteiger partial charge on any atom is -0.506 e. The van der Waals surface area contributed by atoms with Crippen LogP contribution in [-0.4, -0.2) is 16.2 Å². The zero-order chi connectivity index (χ0) is 11.7. The number of benzene rings is 1. The number of aryl methyl sites for hydroxylation is 1. The molecule has 0 aliphatic carbocycles. The number of carbonyl (C=O) groups is 1. The summed E-state index contributed by atoms with van der Waals surface area (Å²) in [5.41, 5.74) is 7.06. The normalized spacial score (nSPS) is 12.5. The van der Waals surface area contributed by atoms with Gasteiger partial charge in [0.05, 0.1) is 5.02 Å². The molecule has 1 aromatic carbocycles. The molecule has 5 heteroatoms. The highest BCUT2D eigenvalue weighted by atomic mass is 35.5. The first kappa shape index (κ1) is 11.8. The number of aromatic hydroxyl groups is 1. The van der Waals surface area contributed by atoms with Crippen LogP contribution in [0.3, 0.4) is 0 Å². The number of rotatable bonds is 2. The van der Waals surface area contributed by atoms with E-state index in [-0.39, 0.29) is 16.3 Å². The second kappa shape index (κ2) is 4.08. The maximum atomic E-state index is 10.7. The summed E-state index contributed by atoms with van der Waals surface area (Å²) in [6.07, 6.45) is 0. The first-order valence-corrected chi connectivity index (χ1v) is 4.71. The first-order valence-electron chi connectivity index (χ1n) is 4.33. The molecule has 0 saturated carbocycles. The zero-order valence-corrected chi connectivity index (χ0v) is 9.17. The smallest absolute Gasteiger partial charge is 0.325 e. The predicted octanol–water partition coefficient (Wildman–Crippen LogP) is 1.75. The minimum absolute atomic E-state index is 0.135. The Bertz CT molecular complexity index is 418. The molecule has 0 bridgehead atoms. The van der Waals surface area contributed by atoms with Gasteiger partial charge in [0.25, 0.3) is 0 Å². The van der Waals surface area contributed by atoms with Crippen LogP contribution in [0.4, 0.5) is 0 Å². The molecule has 0 fully saturated rings. The lowest BCUT2D eigenvalue weighted by atomic mass is 10.00. The highest BCUT2D eigenvalue weighted by Crippen LogP contribution is 2.35. The van der Waals surface area contributed by atoms with Crippen LogP contribution in [0.25, 0.3) is 0 Å². The number of hydrogen-bond donors (Lipinski definition) is 3. The topological polar surface area (TPSA) is 83.6 Å². The van der Waals surface area contributed by atoms with Crippen molar-refractivity contribution in [1.29, 1.82) is 0 Å². The highest BCUT2D eigenvalue weighted by molar-refractivity contribution is 6.33. The second-order valence-electron chi connectivity index (χ2n) is 3.39. The van der Waals surface area contributed by atoms with Crippen molar-refractivity contribution in [3.63, 3.8) is 0 Å². The van der Waals surface area contributed by atoms with Crippen LogP contribution in [-0.2, 0) is 4.79 Å². The number of carboxylic acids is 1. The number of halogens is 1. The quantitative estimate of drug-likeness (QED) is 0.721. The Balaban J connectivity index is 3.38. The number of phenolic OH excluding ortho intramolecular Hbond substituents is 1. The van der Waals surface area contributed by atoms with Gasteiger partial charge < -0.3 is 15.9 Å². The Labute approximate surface area is 92.3 Å². The van der Waals surface area contributed by atoms with Crippen molar-refractivity contribution in [2.75, 3.05) is 0 Å². The molecule has 0 aromatic heterocycles. The van der Waals surface area contributed by atoms with Crippen molar-refractivity contribution in [2.24, 2.45) is 5.73 Å². The molecule has 0 saturated heterocycles. The van der Waals surface area contributed by atoms with Crippen LogP contribution in [0, 0.1) is 13.8 Å². The van der Waals surface area contributed by atoms with Gasteiger partial charge in [-0.3, -0.25) is 4.79 Å². The second-order valence-corrected chi connectivity index (χ2v) is 3.76. The Hall–Kier alpha value is -1.26. The van der Waals surface area contributed by atoms with E-state index in [1.807, 2.05) is 0 Å². The molecule has 1 atom stereocenters. The Morgan fingerprint density at radius 3 is 2.53 bits per heavy atom. The molecule has 0 aliphatic rings. The lowest BCUT2D eigenvalue weighted by Crippen LogP contribution is -2.21. The summed E-state index contributed by atoms with van der Waals surface area (Å²) in [6, 6.07) is 0.275. The molecule has 4 N–H and O–H groups in total. The van der Waals surface area contributed by atoms with E-state index in [1.54, 1.807) is 13.8 Å². The molecular weight excluding hydrogens is 218 g/mol. The maximum absolute atomic E-state index is 10.7. The monoisotopic (exact) mass is 229 g/mol. The van der Waals surface area contributed by atoms with Gasteiger partial charge in [0.15, 0.2) is 0 Å². The van der Waals surface area contributed by atoms with E-state index in [9.17, 15) is 9.90 Å². The molecule has 0 heterocycles. The van der Waals surface area contributed by atoms with E-state index in [4.69, 9.17) is 22.4 Å². The van der Waals surface area contributed by atoms with E-state index in [0.717, 1.165) is 11.1 Å². The van der Waals surface area contributed by atoms with Gasteiger partial charge in [-0.25, -0.2) is 0 Å². The van der Waals surface area contributed by atoms with Crippen molar-refractivity contribution in [3.8, 4) is 5.75 Å². The van der Waals surface area contributed by atoms with Gasteiger partial charge in [-0.1, -0.05) is 11.6 Å². The van der Waals surface area contributed by atoms with Crippen molar-refractivity contribution in [1.82, 2.24) is 0 Å². The van der Waals surface area contributed by atoms with E-state index >= 15 is 0 Å². The molecule has 4 nitrogen and oxygen atoms in total. The van der Waals surface area contributed by atoms with Crippen LogP contribution in [0.1, 0.15) is 22.7 Å². The third-order valence-corrected chi connectivity index (χ3v) is 2.84. The maximum Gasteiger partial charge on any atom is 0.325 e. The number of phenols is 1. The number of carboxylic acid groups (broad SMARTS) is 1. The van der Waals surface area contributed by atoms with Gasteiger partial charge >= 0.3 is 5.97 Å². The SMILES string of the molecule is Cc1cc(C(N)C(=O)O)c(O)c(Cl)c1C. The van der Waals surface area contributed by atoms with E-state index < -0.39 is 12.0 Å². The molecule has 0 radical (unpaired) electrons. The van der Waals surface area contributed by atoms with Gasteiger partial charge in [0, 0.05) is 5.56 Å². The molecule has 1 aromatic rings. The summed E-state index contributed by atoms with van der Waals surface area (Å²) in [6.45, 7) is 3.52. The fourth-order valence-electron chi connectivity index (χ4n) is 1.26. The van der Waals surface area contributed by atoms with Crippen molar-refractivity contribution in [3.05, 3.63) is 27.8 Å². The largest absolute Gasteiger partial charge is 0.506 e. The Kier molecular flexibility index (Phi) is 3.21. The van der Waals surface area contributed by atoms with Gasteiger partial charge in [-0.2, -0.15) is 0 Å². The lowest BCUT2D eigenvalue weighted by molar-refractivity contribution is -0.138. The van der Waals surface area contributed by atoms with Crippen LogP contribution in [0.2, 0.25) is 5.02 Å². The van der Waals surface area contributed by atoms with E-state index in [0.29, 0.717) is 0 Å². The van der Waals surface area contributed by atoms with Crippen molar-refractivity contribution < 1.29 is 15.0 Å². The first-order chi connectivity index (χ1) is 6.86. The third-order valence-electron chi connectivity index (χ3n) is 2.38. The molecule has 82 valence electrons. The van der Waals surface area contributed by atoms with Gasteiger partial charge in [-0.05, 0) is 31.0 Å². The summed E-state index contributed by atoms with van der Waals surface area (Å²) in [5, 5.41) is 18.5. The fourth-order valence-corrected chi connectivity index (χ4v) is 1.52. The summed E-state index contributed by atoms with van der Waals surface area (Å²) in [5.74, 6) is -1.46. The Morgan fingerprint density at radius 1 is 1.53 bits per heavy atom. The van der Waals surface area contributed by atoms with E-state index in [2.05, 4.69) is 0 Å². The fraction of sp³-hybridized carbons (Fsp3) is 0.300. The van der Waals surface area contributed by atoms with Crippen molar-refractivity contribution >= 4 is 17.6 Å². The van der Waals surface area contributed by atoms with Gasteiger partial charge in [-0.15, -0.1) is 0 Å². The zero-order valence-electron chi connectivity index (χ0n) is 8.41. The summed E-state index contributed by atoms with van der Waals surface area (Å²) in [7, 11) is 0. The van der Waals surface area contributed by atoms with E-state index in [1.165, 1.54) is 6.07 Å². The predicted molar refractivity (Wildman–Crippen MR) is 57.2 cm³/mol. The summed E-state index contributed by atoms with van der Waals surface area (Å²) < 4.78 is 0. The lowest BCUT2D eigenvalue weighted by Gasteiger charge is -2.13. The molecule has 0 amide bonds. The van der Waals surface area contributed by atoms with Crippen LogP contribution < -0.4 is 5.73 Å². The molecular formula is C10H12ClNO3. The average molecular weight is 230 g/mol. The third kappa shape index (κ3) is 2.06. The van der Waals surface area contributed by atoms with Gasteiger partial charge in [0.1, 0.15) is 11.8 Å². The summed E-state index contributed by atoms with van der Waals surface area (Å²) >= 11 is 5.84. The van der Waals surface area contributed by atoms with Gasteiger partial charge in [0.2, 0.25) is 0 Å². The van der Waals surface area contributed by atoms with Crippen LogP contribution in [0.15, 0.2) is 6.07 Å². The Morgan fingerprint density at radius 2 is 2.07 bits per heavy atom. The standard InChI is InChI=1S/C10H12ClNO3/c1-4-3-6(8(12)10(14)15)9(13)7(11)5(4)2/h3,8,13H,12H2,1-2H3,(H,14,15). The number of hydrogen-bond acceptors (Lipinski definition) is 3. The molecule has 0 aliphatic heterocycles. The van der Waals surface area contributed by atoms with Crippen molar-refractivity contribution in [2.45, 2.75) is 19.9 Å². The minimum atomic E-state index is -1.26. The molecule has 1 unspecified atom stereocenters. The highest BCUT2D eigenvalue weighted by Gasteiger charge is 2.21. The number of nitrogens with two attached hydrogens (primary N) is 1. The molecule has 1 rings (SSSR count).